The Balaban J connectivity index is 1.73. The molecule has 1 unspecified atom stereocenters. The molecule has 1 aromatic carbocycles. The zero-order valence-corrected chi connectivity index (χ0v) is 18.5. The molecular formula is C24H35N3O3. The van der Waals surface area contributed by atoms with E-state index in [4.69, 9.17) is 0 Å². The van der Waals surface area contributed by atoms with Gasteiger partial charge in [0.25, 0.3) is 5.91 Å². The van der Waals surface area contributed by atoms with Crippen LogP contribution >= 0.6 is 0 Å². The lowest BCUT2D eigenvalue weighted by atomic mass is 9.87. The van der Waals surface area contributed by atoms with Crippen LogP contribution in [0.4, 0.5) is 0 Å². The van der Waals surface area contributed by atoms with Gasteiger partial charge in [0.1, 0.15) is 6.04 Å². The summed E-state index contributed by atoms with van der Waals surface area (Å²) in [5.41, 5.74) is 1.60. The van der Waals surface area contributed by atoms with Gasteiger partial charge in [0, 0.05) is 37.7 Å². The Morgan fingerprint density at radius 2 is 1.57 bits per heavy atom. The molecular weight excluding hydrogens is 378 g/mol. The minimum atomic E-state index is -0.535. The first kappa shape index (κ1) is 22.3. The minimum Gasteiger partial charge on any atom is -0.342 e. The van der Waals surface area contributed by atoms with Gasteiger partial charge in [0.05, 0.1) is 0 Å². The lowest BCUT2D eigenvalue weighted by Crippen LogP contribution is -2.55. The Kier molecular flexibility index (Phi) is 7.51. The number of nitrogens with zero attached hydrogens (tertiary/aromatic N) is 2. The van der Waals surface area contributed by atoms with E-state index in [-0.39, 0.29) is 29.6 Å². The van der Waals surface area contributed by atoms with Crippen LogP contribution in [0.3, 0.4) is 0 Å². The van der Waals surface area contributed by atoms with E-state index in [2.05, 4.69) is 5.32 Å². The summed E-state index contributed by atoms with van der Waals surface area (Å²) in [7, 11) is 0. The molecule has 2 fully saturated rings. The molecule has 0 saturated carbocycles. The maximum absolute atomic E-state index is 13.4. The molecule has 0 aliphatic carbocycles. The van der Waals surface area contributed by atoms with E-state index in [1.165, 1.54) is 0 Å². The summed E-state index contributed by atoms with van der Waals surface area (Å²) in [6.07, 6.45) is 4.66. The molecule has 0 spiro atoms. The van der Waals surface area contributed by atoms with E-state index in [1.807, 2.05) is 48.8 Å². The number of hydrogen-bond acceptors (Lipinski definition) is 3. The molecule has 30 heavy (non-hydrogen) atoms. The Hall–Kier alpha value is -2.37. The van der Waals surface area contributed by atoms with E-state index in [0.29, 0.717) is 18.7 Å². The van der Waals surface area contributed by atoms with Crippen molar-refractivity contribution in [2.24, 2.45) is 11.8 Å². The molecule has 6 nitrogen and oxygen atoms in total. The fourth-order valence-corrected chi connectivity index (χ4v) is 4.52. The predicted molar refractivity (Wildman–Crippen MR) is 117 cm³/mol. The first-order valence-electron chi connectivity index (χ1n) is 11.3. The second-order valence-corrected chi connectivity index (χ2v) is 9.02. The highest BCUT2D eigenvalue weighted by Gasteiger charge is 2.36. The van der Waals surface area contributed by atoms with E-state index in [0.717, 1.165) is 50.8 Å². The number of amides is 3. The Labute approximate surface area is 180 Å². The molecule has 2 aliphatic heterocycles. The van der Waals surface area contributed by atoms with E-state index < -0.39 is 6.04 Å². The van der Waals surface area contributed by atoms with Crippen molar-refractivity contribution in [1.29, 1.82) is 0 Å². The largest absolute Gasteiger partial charge is 0.342 e. The number of hydrogen-bond donors (Lipinski definition) is 1. The molecule has 0 bridgehead atoms. The van der Waals surface area contributed by atoms with Gasteiger partial charge in [-0.05, 0) is 57.1 Å². The van der Waals surface area contributed by atoms with Crippen LogP contribution in [0.1, 0.15) is 61.9 Å². The summed E-state index contributed by atoms with van der Waals surface area (Å²) >= 11 is 0. The number of piperidine rings is 2. The van der Waals surface area contributed by atoms with Crippen LogP contribution in [0.2, 0.25) is 0 Å². The molecule has 2 heterocycles. The molecule has 164 valence electrons. The zero-order valence-electron chi connectivity index (χ0n) is 18.5. The Bertz CT molecular complexity index is 763. The van der Waals surface area contributed by atoms with Gasteiger partial charge in [-0.25, -0.2) is 0 Å². The van der Waals surface area contributed by atoms with Crippen molar-refractivity contribution in [1.82, 2.24) is 15.1 Å². The SMILES string of the molecule is Cc1cccc(C(=O)NC(C(=O)N2CCCCC2)C2CCN(C(=O)C(C)C)CC2)c1. The summed E-state index contributed by atoms with van der Waals surface area (Å²) < 4.78 is 0. The van der Waals surface area contributed by atoms with Crippen LogP contribution in [0, 0.1) is 18.8 Å². The van der Waals surface area contributed by atoms with E-state index in [9.17, 15) is 14.4 Å². The highest BCUT2D eigenvalue weighted by atomic mass is 16.2. The number of carbonyl (C=O) groups is 3. The van der Waals surface area contributed by atoms with Crippen LogP contribution in [-0.2, 0) is 9.59 Å². The summed E-state index contributed by atoms with van der Waals surface area (Å²) in [4.78, 5) is 42.5. The third kappa shape index (κ3) is 5.41. The third-order valence-electron chi connectivity index (χ3n) is 6.32. The van der Waals surface area contributed by atoms with Crippen molar-refractivity contribution in [3.8, 4) is 0 Å². The first-order chi connectivity index (χ1) is 14.4. The normalized spacial score (nSPS) is 18.9. The van der Waals surface area contributed by atoms with E-state index in [1.54, 1.807) is 6.07 Å². The van der Waals surface area contributed by atoms with Crippen molar-refractivity contribution in [3.63, 3.8) is 0 Å². The molecule has 2 aliphatic rings. The van der Waals surface area contributed by atoms with Gasteiger partial charge in [0.15, 0.2) is 0 Å². The van der Waals surface area contributed by atoms with Crippen LogP contribution in [0.15, 0.2) is 24.3 Å². The fourth-order valence-electron chi connectivity index (χ4n) is 4.52. The molecule has 3 rings (SSSR count). The number of likely N-dealkylation sites (tertiary alicyclic amines) is 2. The quantitative estimate of drug-likeness (QED) is 0.807. The molecule has 2 saturated heterocycles. The number of aryl methyl sites for hydroxylation is 1. The molecule has 6 heteroatoms. The number of nitrogens with one attached hydrogen (secondary N) is 1. The maximum Gasteiger partial charge on any atom is 0.251 e. The number of rotatable bonds is 5. The van der Waals surface area contributed by atoms with Gasteiger partial charge in [-0.1, -0.05) is 31.5 Å². The van der Waals surface area contributed by atoms with Gasteiger partial charge in [-0.3, -0.25) is 14.4 Å². The minimum absolute atomic E-state index is 0.0200. The van der Waals surface area contributed by atoms with Crippen molar-refractivity contribution in [3.05, 3.63) is 35.4 Å². The second-order valence-electron chi connectivity index (χ2n) is 9.02. The van der Waals surface area contributed by atoms with Gasteiger partial charge < -0.3 is 15.1 Å². The number of benzene rings is 1. The molecule has 3 amide bonds. The first-order valence-corrected chi connectivity index (χ1v) is 11.3. The van der Waals surface area contributed by atoms with Crippen molar-refractivity contribution >= 4 is 17.7 Å². The van der Waals surface area contributed by atoms with Gasteiger partial charge in [-0.15, -0.1) is 0 Å². The summed E-state index contributed by atoms with van der Waals surface area (Å²) in [5.74, 6) is 0.0213. The fraction of sp³-hybridized carbons (Fsp3) is 0.625. The van der Waals surface area contributed by atoms with Gasteiger partial charge >= 0.3 is 0 Å². The topological polar surface area (TPSA) is 69.7 Å². The van der Waals surface area contributed by atoms with Crippen molar-refractivity contribution in [2.45, 2.75) is 58.9 Å². The van der Waals surface area contributed by atoms with Crippen LogP contribution in [-0.4, -0.2) is 59.7 Å². The summed E-state index contributed by atoms with van der Waals surface area (Å²) in [5, 5.41) is 3.06. The Morgan fingerprint density at radius 1 is 0.933 bits per heavy atom. The van der Waals surface area contributed by atoms with E-state index >= 15 is 0 Å². The van der Waals surface area contributed by atoms with Gasteiger partial charge in [-0.2, -0.15) is 0 Å². The molecule has 1 aromatic rings. The predicted octanol–water partition coefficient (Wildman–Crippen LogP) is 3.00. The second kappa shape index (κ2) is 10.1. The monoisotopic (exact) mass is 413 g/mol. The van der Waals surface area contributed by atoms with Gasteiger partial charge in [0.2, 0.25) is 11.8 Å². The standard InChI is InChI=1S/C24H35N3O3/c1-17(2)23(29)27-14-10-19(11-15-27)21(24(30)26-12-5-4-6-13-26)25-22(28)20-9-7-8-18(3)16-20/h7-9,16-17,19,21H,4-6,10-15H2,1-3H3,(H,25,28). The molecule has 0 aromatic heterocycles. The average molecular weight is 414 g/mol. The summed E-state index contributed by atoms with van der Waals surface area (Å²) in [6, 6.07) is 6.92. The lowest BCUT2D eigenvalue weighted by molar-refractivity contribution is -0.138. The van der Waals surface area contributed by atoms with Crippen molar-refractivity contribution < 1.29 is 14.4 Å². The zero-order chi connectivity index (χ0) is 21.7. The van der Waals surface area contributed by atoms with Crippen molar-refractivity contribution in [2.75, 3.05) is 26.2 Å². The summed E-state index contributed by atoms with van der Waals surface area (Å²) in [6.45, 7) is 8.60. The van der Waals surface area contributed by atoms with Crippen LogP contribution in [0.25, 0.3) is 0 Å². The molecule has 1 atom stereocenters. The Morgan fingerprint density at radius 3 is 2.17 bits per heavy atom. The molecule has 0 radical (unpaired) electrons. The van der Waals surface area contributed by atoms with Crippen LogP contribution < -0.4 is 5.32 Å². The lowest BCUT2D eigenvalue weighted by Gasteiger charge is -2.39. The third-order valence-corrected chi connectivity index (χ3v) is 6.32. The molecule has 1 N–H and O–H groups in total. The average Bonchev–Trinajstić information content (AvgIpc) is 2.77. The maximum atomic E-state index is 13.4. The smallest absolute Gasteiger partial charge is 0.251 e. The highest BCUT2D eigenvalue weighted by Crippen LogP contribution is 2.25. The number of carbonyl (C=O) groups excluding carboxylic acids is 3. The van der Waals surface area contributed by atoms with Crippen LogP contribution in [0.5, 0.6) is 0 Å². The highest BCUT2D eigenvalue weighted by molar-refractivity contribution is 5.97.